The summed E-state index contributed by atoms with van der Waals surface area (Å²) in [6, 6.07) is 5.49. The van der Waals surface area contributed by atoms with Crippen LogP contribution in [0.25, 0.3) is 0 Å². The summed E-state index contributed by atoms with van der Waals surface area (Å²) in [5.41, 5.74) is -1.06. The van der Waals surface area contributed by atoms with Crippen LogP contribution in [0, 0.1) is 5.92 Å². The van der Waals surface area contributed by atoms with E-state index in [1.807, 2.05) is 0 Å². The van der Waals surface area contributed by atoms with Crippen LogP contribution in [0.15, 0.2) is 28.7 Å². The van der Waals surface area contributed by atoms with Crippen molar-refractivity contribution < 1.29 is 29.0 Å². The maximum Gasteiger partial charge on any atom is 0.338 e. The van der Waals surface area contributed by atoms with Gasteiger partial charge in [0.1, 0.15) is 11.7 Å². The smallest absolute Gasteiger partial charge is 0.338 e. The lowest BCUT2D eigenvalue weighted by atomic mass is 10.0. The summed E-state index contributed by atoms with van der Waals surface area (Å²) in [4.78, 5) is 42.5. The Morgan fingerprint density at radius 3 is 2.17 bits per heavy atom. The van der Waals surface area contributed by atoms with Gasteiger partial charge < -0.3 is 20.2 Å². The second kappa shape index (κ2) is 8.76. The van der Waals surface area contributed by atoms with Crippen LogP contribution in [0.5, 0.6) is 0 Å². The van der Waals surface area contributed by atoms with Gasteiger partial charge in [-0.1, -0.05) is 41.9 Å². The number of benzene rings is 1. The molecule has 1 aromatic carbocycles. The number of hydrogen-bond donors (Lipinski definition) is 4. The van der Waals surface area contributed by atoms with E-state index >= 15 is 0 Å². The van der Waals surface area contributed by atoms with Gasteiger partial charge in [-0.3, -0.25) is 9.36 Å². The van der Waals surface area contributed by atoms with Crippen molar-refractivity contribution in [2.45, 2.75) is 38.4 Å². The predicted molar refractivity (Wildman–Crippen MR) is 92.7 cm³/mol. The summed E-state index contributed by atoms with van der Waals surface area (Å²) < 4.78 is 12.5. The van der Waals surface area contributed by atoms with E-state index in [0.717, 1.165) is 4.47 Å². The van der Waals surface area contributed by atoms with Crippen molar-refractivity contribution in [3.63, 3.8) is 0 Å². The monoisotopic (exact) mass is 421 g/mol. The molecule has 7 nitrogen and oxygen atoms in total. The molecule has 1 unspecified atom stereocenters. The fourth-order valence-corrected chi connectivity index (χ4v) is 3.26. The third-order valence-electron chi connectivity index (χ3n) is 3.37. The Morgan fingerprint density at radius 1 is 1.21 bits per heavy atom. The van der Waals surface area contributed by atoms with Gasteiger partial charge in [0.25, 0.3) is 0 Å². The Morgan fingerprint density at radius 2 is 1.75 bits per heavy atom. The van der Waals surface area contributed by atoms with E-state index in [-0.39, 0.29) is 18.8 Å². The highest BCUT2D eigenvalue weighted by atomic mass is 79.9. The maximum atomic E-state index is 12.3. The number of nitrogens with one attached hydrogen (secondary N) is 1. The van der Waals surface area contributed by atoms with E-state index in [1.54, 1.807) is 38.1 Å². The third kappa shape index (κ3) is 6.73. The summed E-state index contributed by atoms with van der Waals surface area (Å²) in [6.07, 6.45) is -0.00928. The van der Waals surface area contributed by atoms with Gasteiger partial charge in [-0.15, -0.1) is 0 Å². The molecule has 0 radical (unpaired) electrons. The Hall–Kier alpha value is -1.21. The van der Waals surface area contributed by atoms with Crippen LogP contribution in [0.4, 0.5) is 0 Å². The molecule has 9 heteroatoms. The first-order chi connectivity index (χ1) is 11.0. The minimum absolute atomic E-state index is 0.00591. The summed E-state index contributed by atoms with van der Waals surface area (Å²) >= 11 is 3.25. The van der Waals surface area contributed by atoms with Gasteiger partial charge in [0.2, 0.25) is 5.91 Å². The lowest BCUT2D eigenvalue weighted by molar-refractivity contribution is -0.142. The molecule has 0 bridgehead atoms. The maximum absolute atomic E-state index is 12.3. The van der Waals surface area contributed by atoms with Crippen molar-refractivity contribution in [2.24, 2.45) is 5.92 Å². The molecule has 0 spiro atoms. The zero-order valence-electron chi connectivity index (χ0n) is 13.3. The number of carbonyl (C=O) groups excluding carboxylic acids is 1. The second-order valence-electron chi connectivity index (χ2n) is 5.96. The Labute approximate surface area is 148 Å². The molecule has 0 heterocycles. The van der Waals surface area contributed by atoms with E-state index in [9.17, 15) is 23.9 Å². The van der Waals surface area contributed by atoms with Gasteiger partial charge in [0.05, 0.1) is 0 Å². The number of amides is 1. The lowest BCUT2D eigenvalue weighted by Gasteiger charge is -2.22. The molecule has 0 aliphatic carbocycles. The molecule has 2 atom stereocenters. The highest BCUT2D eigenvalue weighted by Crippen LogP contribution is 2.43. The number of carboxylic acid groups (broad SMARTS) is 1. The number of carboxylic acids is 1. The fourth-order valence-electron chi connectivity index (χ4n) is 2.17. The van der Waals surface area contributed by atoms with Gasteiger partial charge in [-0.2, -0.15) is 0 Å². The summed E-state index contributed by atoms with van der Waals surface area (Å²) in [6.45, 7) is 3.59. The van der Waals surface area contributed by atoms with E-state index in [0.29, 0.717) is 5.56 Å². The van der Waals surface area contributed by atoms with Gasteiger partial charge >= 0.3 is 13.6 Å². The summed E-state index contributed by atoms with van der Waals surface area (Å²) in [5.74, 6) is -2.18. The molecule has 0 saturated heterocycles. The molecule has 1 amide bonds. The SMILES string of the molecule is CC(C)C[C@H](NC(=O)C(Cc1ccc(Br)cc1)P(=O)(O)O)C(=O)O. The number of hydrogen-bond acceptors (Lipinski definition) is 3. The zero-order chi connectivity index (χ0) is 18.5. The first-order valence-corrected chi connectivity index (χ1v) is 9.81. The minimum atomic E-state index is -4.75. The molecule has 0 aromatic heterocycles. The first-order valence-electron chi connectivity index (χ1n) is 7.33. The van der Waals surface area contributed by atoms with Gasteiger partial charge in [-0.25, -0.2) is 4.79 Å². The molecule has 0 saturated carbocycles. The van der Waals surface area contributed by atoms with Crippen LogP contribution in [0.1, 0.15) is 25.8 Å². The van der Waals surface area contributed by atoms with Gasteiger partial charge in [0.15, 0.2) is 0 Å². The average Bonchev–Trinajstić information content (AvgIpc) is 2.43. The average molecular weight is 422 g/mol. The van der Waals surface area contributed by atoms with Crippen molar-refractivity contribution in [1.29, 1.82) is 0 Å². The summed E-state index contributed by atoms with van der Waals surface area (Å²) in [5, 5.41) is 11.4. The van der Waals surface area contributed by atoms with Crippen molar-refractivity contribution in [1.82, 2.24) is 5.32 Å². The highest BCUT2D eigenvalue weighted by molar-refractivity contribution is 9.10. The van der Waals surface area contributed by atoms with E-state index in [4.69, 9.17) is 5.11 Å². The normalized spacial score (nSPS) is 14.2. The molecule has 134 valence electrons. The molecule has 1 aromatic rings. The van der Waals surface area contributed by atoms with Crippen molar-refractivity contribution in [2.75, 3.05) is 0 Å². The molecule has 4 N–H and O–H groups in total. The lowest BCUT2D eigenvalue weighted by Crippen LogP contribution is -2.46. The van der Waals surface area contributed by atoms with Crippen LogP contribution < -0.4 is 5.32 Å². The third-order valence-corrected chi connectivity index (χ3v) is 5.13. The molecule has 1 rings (SSSR count). The fraction of sp³-hybridized carbons (Fsp3) is 0.467. The van der Waals surface area contributed by atoms with Crippen LogP contribution in [0.2, 0.25) is 0 Å². The van der Waals surface area contributed by atoms with Crippen LogP contribution in [-0.4, -0.2) is 38.5 Å². The van der Waals surface area contributed by atoms with Crippen LogP contribution in [-0.2, 0) is 20.6 Å². The Balaban J connectivity index is 2.95. The van der Waals surface area contributed by atoms with E-state index in [1.165, 1.54) is 0 Å². The van der Waals surface area contributed by atoms with Crippen molar-refractivity contribution >= 4 is 35.4 Å². The highest BCUT2D eigenvalue weighted by Gasteiger charge is 2.37. The molecule has 0 aliphatic heterocycles. The van der Waals surface area contributed by atoms with Crippen molar-refractivity contribution in [3.8, 4) is 0 Å². The van der Waals surface area contributed by atoms with E-state index in [2.05, 4.69) is 21.2 Å². The second-order valence-corrected chi connectivity index (χ2v) is 8.68. The minimum Gasteiger partial charge on any atom is -0.480 e. The van der Waals surface area contributed by atoms with E-state index < -0.39 is 31.2 Å². The largest absolute Gasteiger partial charge is 0.480 e. The van der Waals surface area contributed by atoms with Crippen LogP contribution in [0.3, 0.4) is 0 Å². The number of rotatable bonds is 8. The van der Waals surface area contributed by atoms with Crippen molar-refractivity contribution in [3.05, 3.63) is 34.3 Å². The number of halogens is 1. The molecule has 24 heavy (non-hydrogen) atoms. The van der Waals surface area contributed by atoms with Crippen LogP contribution >= 0.6 is 23.5 Å². The molecular weight excluding hydrogens is 401 g/mol. The molecule has 0 fully saturated rings. The molecular formula is C15H21BrNO6P. The van der Waals surface area contributed by atoms with Gasteiger partial charge in [-0.05, 0) is 36.5 Å². The number of aliphatic carboxylic acids is 1. The molecule has 0 aliphatic rings. The topological polar surface area (TPSA) is 124 Å². The quantitative estimate of drug-likeness (QED) is 0.476. The Bertz CT molecular complexity index is 627. The predicted octanol–water partition coefficient (Wildman–Crippen LogP) is 2.15. The first kappa shape index (κ1) is 20.8. The van der Waals surface area contributed by atoms with Gasteiger partial charge in [0, 0.05) is 4.47 Å². The number of carbonyl (C=O) groups is 2. The Kier molecular flexibility index (Phi) is 7.60. The standard InChI is InChI=1S/C15H21BrNO6P/c1-9(2)7-12(15(19)20)17-14(18)13(24(21,22)23)8-10-3-5-11(16)6-4-10/h3-6,9,12-13H,7-8H2,1-2H3,(H,17,18)(H,19,20)(H2,21,22,23)/t12-,13?/m0/s1. The zero-order valence-corrected chi connectivity index (χ0v) is 15.8. The summed E-state index contributed by atoms with van der Waals surface area (Å²) in [7, 11) is -4.75.